The van der Waals surface area contributed by atoms with Crippen molar-refractivity contribution in [3.05, 3.63) is 60.2 Å². The number of phenols is 1. The van der Waals surface area contributed by atoms with E-state index in [9.17, 15) is 5.11 Å². The van der Waals surface area contributed by atoms with Gasteiger partial charge >= 0.3 is 0 Å². The Kier molecular flexibility index (Phi) is 10.8. The summed E-state index contributed by atoms with van der Waals surface area (Å²) >= 11 is 0. The molecular weight excluding hydrogens is 268 g/mol. The monoisotopic (exact) mass is 298 g/mol. The van der Waals surface area contributed by atoms with Gasteiger partial charge in [-0.05, 0) is 56.2 Å². The Hall–Kier alpha value is -1.76. The lowest BCUT2D eigenvalue weighted by molar-refractivity contribution is 0.475. The second kappa shape index (κ2) is 12.9. The van der Waals surface area contributed by atoms with Gasteiger partial charge in [0.25, 0.3) is 0 Å². The van der Waals surface area contributed by atoms with E-state index in [0.717, 1.165) is 18.4 Å². The summed E-state index contributed by atoms with van der Waals surface area (Å²) < 4.78 is 0. The van der Waals surface area contributed by atoms with Crippen molar-refractivity contribution in [3.8, 4) is 5.75 Å². The molecule has 1 rings (SSSR count). The van der Waals surface area contributed by atoms with Gasteiger partial charge in [0, 0.05) is 0 Å². The zero-order chi connectivity index (χ0) is 15.9. The standard InChI is InChI=1S/C21H30O/c1-2-3-4-5-6-7-8-9-10-11-12-13-14-16-20-17-15-18-21(22)19-20/h4-5,7-8,14-19,22H,2-3,6,9-13H2,1H3. The molecule has 0 aliphatic rings. The second-order valence-electron chi connectivity index (χ2n) is 5.60. The fraction of sp³-hybridized carbons (Fsp3) is 0.429. The molecule has 1 aromatic carbocycles. The Balaban J connectivity index is 1.98. The number of hydrogen-bond acceptors (Lipinski definition) is 1. The van der Waals surface area contributed by atoms with Crippen molar-refractivity contribution < 1.29 is 5.11 Å². The van der Waals surface area contributed by atoms with Crippen molar-refractivity contribution in [2.75, 3.05) is 0 Å². The number of allylic oxidation sites excluding steroid dienone is 5. The van der Waals surface area contributed by atoms with Crippen LogP contribution < -0.4 is 0 Å². The molecule has 0 fully saturated rings. The van der Waals surface area contributed by atoms with Crippen molar-refractivity contribution in [2.24, 2.45) is 0 Å². The predicted molar refractivity (Wildman–Crippen MR) is 98.0 cm³/mol. The lowest BCUT2D eigenvalue weighted by Gasteiger charge is -1.97. The van der Waals surface area contributed by atoms with Crippen LogP contribution in [0.5, 0.6) is 5.75 Å². The zero-order valence-electron chi connectivity index (χ0n) is 13.9. The smallest absolute Gasteiger partial charge is 0.116 e. The van der Waals surface area contributed by atoms with E-state index >= 15 is 0 Å². The summed E-state index contributed by atoms with van der Waals surface area (Å²) in [6.45, 7) is 2.21. The molecular formula is C21H30O. The Bertz CT molecular complexity index is 469. The highest BCUT2D eigenvalue weighted by molar-refractivity contribution is 5.51. The minimum Gasteiger partial charge on any atom is -0.508 e. The molecule has 0 unspecified atom stereocenters. The highest BCUT2D eigenvalue weighted by Gasteiger charge is 1.89. The lowest BCUT2D eigenvalue weighted by atomic mass is 10.1. The molecule has 1 aromatic rings. The molecule has 0 aromatic heterocycles. The molecule has 1 nitrogen and oxygen atoms in total. The van der Waals surface area contributed by atoms with Crippen LogP contribution >= 0.6 is 0 Å². The van der Waals surface area contributed by atoms with E-state index in [2.05, 4.69) is 43.4 Å². The van der Waals surface area contributed by atoms with Gasteiger partial charge in [0.2, 0.25) is 0 Å². The highest BCUT2D eigenvalue weighted by Crippen LogP contribution is 2.13. The summed E-state index contributed by atoms with van der Waals surface area (Å²) in [6.07, 6.45) is 23.0. The third kappa shape index (κ3) is 10.0. The maximum absolute atomic E-state index is 9.37. The average molecular weight is 298 g/mol. The molecule has 1 heteroatoms. The summed E-state index contributed by atoms with van der Waals surface area (Å²) in [5, 5.41) is 9.37. The van der Waals surface area contributed by atoms with Gasteiger partial charge in [0.15, 0.2) is 0 Å². The molecule has 1 N–H and O–H groups in total. The van der Waals surface area contributed by atoms with Crippen LogP contribution in [0, 0.1) is 0 Å². The van der Waals surface area contributed by atoms with E-state index in [0.29, 0.717) is 5.75 Å². The maximum atomic E-state index is 9.37. The Morgan fingerprint density at radius 2 is 1.59 bits per heavy atom. The average Bonchev–Trinajstić information content (AvgIpc) is 2.52. The van der Waals surface area contributed by atoms with E-state index in [1.807, 2.05) is 12.1 Å². The van der Waals surface area contributed by atoms with Crippen LogP contribution in [0.1, 0.15) is 63.9 Å². The summed E-state index contributed by atoms with van der Waals surface area (Å²) in [4.78, 5) is 0. The molecule has 0 bridgehead atoms. The lowest BCUT2D eigenvalue weighted by Crippen LogP contribution is -1.76. The van der Waals surface area contributed by atoms with E-state index in [1.54, 1.807) is 12.1 Å². The second-order valence-corrected chi connectivity index (χ2v) is 5.60. The van der Waals surface area contributed by atoms with Crippen molar-refractivity contribution in [1.82, 2.24) is 0 Å². The van der Waals surface area contributed by atoms with Gasteiger partial charge in [-0.1, -0.05) is 68.4 Å². The molecule has 0 spiro atoms. The van der Waals surface area contributed by atoms with Gasteiger partial charge in [-0.3, -0.25) is 0 Å². The Morgan fingerprint density at radius 3 is 2.32 bits per heavy atom. The van der Waals surface area contributed by atoms with Gasteiger partial charge in [-0.15, -0.1) is 0 Å². The first-order chi connectivity index (χ1) is 10.8. The van der Waals surface area contributed by atoms with E-state index in [1.165, 1.54) is 38.5 Å². The van der Waals surface area contributed by atoms with Crippen LogP contribution in [0.15, 0.2) is 54.6 Å². The summed E-state index contributed by atoms with van der Waals surface area (Å²) in [6, 6.07) is 7.37. The van der Waals surface area contributed by atoms with Crippen LogP contribution in [-0.4, -0.2) is 5.11 Å². The molecule has 0 saturated carbocycles. The molecule has 22 heavy (non-hydrogen) atoms. The van der Waals surface area contributed by atoms with Gasteiger partial charge in [0.05, 0.1) is 0 Å². The molecule has 0 saturated heterocycles. The van der Waals surface area contributed by atoms with Crippen LogP contribution in [0.2, 0.25) is 0 Å². The largest absolute Gasteiger partial charge is 0.508 e. The predicted octanol–water partition coefficient (Wildman–Crippen LogP) is 6.66. The van der Waals surface area contributed by atoms with Gasteiger partial charge in [0.1, 0.15) is 5.75 Å². The first-order valence-corrected chi connectivity index (χ1v) is 8.58. The normalized spacial score (nSPS) is 12.0. The maximum Gasteiger partial charge on any atom is 0.116 e. The van der Waals surface area contributed by atoms with Gasteiger partial charge < -0.3 is 5.11 Å². The van der Waals surface area contributed by atoms with Crippen molar-refractivity contribution >= 4 is 6.08 Å². The molecule has 0 radical (unpaired) electrons. The van der Waals surface area contributed by atoms with Crippen molar-refractivity contribution in [1.29, 1.82) is 0 Å². The zero-order valence-corrected chi connectivity index (χ0v) is 13.9. The molecule has 120 valence electrons. The van der Waals surface area contributed by atoms with Gasteiger partial charge in [-0.2, -0.15) is 0 Å². The van der Waals surface area contributed by atoms with E-state index in [-0.39, 0.29) is 0 Å². The van der Waals surface area contributed by atoms with Crippen LogP contribution in [0.4, 0.5) is 0 Å². The fourth-order valence-corrected chi connectivity index (χ4v) is 2.22. The minimum atomic E-state index is 0.332. The number of phenolic OH excluding ortho intramolecular Hbond substituents is 1. The molecule has 0 atom stereocenters. The summed E-state index contributed by atoms with van der Waals surface area (Å²) in [5.41, 5.74) is 1.07. The first-order valence-electron chi connectivity index (χ1n) is 8.58. The first kappa shape index (κ1) is 18.3. The van der Waals surface area contributed by atoms with Crippen LogP contribution in [0.3, 0.4) is 0 Å². The van der Waals surface area contributed by atoms with E-state index < -0.39 is 0 Å². The summed E-state index contributed by atoms with van der Waals surface area (Å²) in [7, 11) is 0. The number of benzene rings is 1. The van der Waals surface area contributed by atoms with Crippen LogP contribution in [-0.2, 0) is 0 Å². The third-order valence-corrected chi connectivity index (χ3v) is 3.48. The molecule has 0 aliphatic carbocycles. The Morgan fingerprint density at radius 1 is 0.864 bits per heavy atom. The third-order valence-electron chi connectivity index (χ3n) is 3.48. The number of unbranched alkanes of at least 4 members (excludes halogenated alkanes) is 5. The van der Waals surface area contributed by atoms with Crippen LogP contribution in [0.25, 0.3) is 6.08 Å². The van der Waals surface area contributed by atoms with Crippen molar-refractivity contribution in [3.63, 3.8) is 0 Å². The number of rotatable bonds is 11. The molecule has 0 amide bonds. The molecule has 0 heterocycles. The number of aromatic hydroxyl groups is 1. The Labute approximate surface area is 136 Å². The minimum absolute atomic E-state index is 0.332. The molecule has 0 aliphatic heterocycles. The van der Waals surface area contributed by atoms with Crippen molar-refractivity contribution in [2.45, 2.75) is 58.3 Å². The van der Waals surface area contributed by atoms with E-state index in [4.69, 9.17) is 0 Å². The fourth-order valence-electron chi connectivity index (χ4n) is 2.22. The topological polar surface area (TPSA) is 20.2 Å². The summed E-state index contributed by atoms with van der Waals surface area (Å²) in [5.74, 6) is 0.332. The van der Waals surface area contributed by atoms with Gasteiger partial charge in [-0.25, -0.2) is 0 Å². The SMILES string of the molecule is CCCC=CCC=CCCCCCC=Cc1cccc(O)c1. The quantitative estimate of drug-likeness (QED) is 0.358. The number of hydrogen-bond donors (Lipinski definition) is 1. The highest BCUT2D eigenvalue weighted by atomic mass is 16.3.